The number of nitrogens with one attached hydrogen (secondary N) is 1. The average Bonchev–Trinajstić information content (AvgIpc) is 1.62. The van der Waals surface area contributed by atoms with Gasteiger partial charge in [-0.05, 0) is 19.3 Å². The highest BCUT2D eigenvalue weighted by Gasteiger charge is 1.95. The highest BCUT2D eigenvalue weighted by Crippen LogP contribution is 2.05. The van der Waals surface area contributed by atoms with E-state index in [1.54, 1.807) is 0 Å². The fraction of sp³-hybridized carbons (Fsp3) is 1.00. The lowest BCUT2D eigenvalue weighted by atomic mass is 10.2. The second-order valence-electron chi connectivity index (χ2n) is 1.86. The van der Waals surface area contributed by atoms with Crippen molar-refractivity contribution in [3.8, 4) is 0 Å². The average molecular weight is 133 g/mol. The molecule has 0 aromatic heterocycles. The molecule has 1 aliphatic rings. The molecule has 8 heavy (non-hydrogen) atoms. The van der Waals surface area contributed by atoms with Crippen LogP contribution in [0.4, 0.5) is 0 Å². The molecule has 0 amide bonds. The van der Waals surface area contributed by atoms with Crippen LogP contribution < -0.4 is 4.72 Å². The Balaban J connectivity index is 2.00. The Morgan fingerprint density at radius 1 is 1.25 bits per heavy atom. The van der Waals surface area contributed by atoms with Crippen LogP contribution in [0.15, 0.2) is 0 Å². The third kappa shape index (κ3) is 2.55. The first-order chi connectivity index (χ1) is 4.00. The monoisotopic (exact) mass is 133 g/mol. The van der Waals surface area contributed by atoms with E-state index in [0.717, 1.165) is 13.2 Å². The van der Waals surface area contributed by atoms with Crippen LogP contribution in [0.2, 0.25) is 0 Å². The van der Waals surface area contributed by atoms with Gasteiger partial charge >= 0.3 is 0 Å². The Labute approximate surface area is 54.3 Å². The van der Waals surface area contributed by atoms with Gasteiger partial charge in [-0.3, -0.25) is 0 Å². The molecular weight excluding hydrogens is 122 g/mol. The topological polar surface area (TPSA) is 21.3 Å². The Hall–Kier alpha value is 0.270. The molecule has 2 nitrogen and oxygen atoms in total. The first-order valence-electron chi connectivity index (χ1n) is 3.01. The van der Waals surface area contributed by atoms with Crippen molar-refractivity contribution in [2.45, 2.75) is 19.3 Å². The van der Waals surface area contributed by atoms with E-state index in [1.165, 1.54) is 31.5 Å². The summed E-state index contributed by atoms with van der Waals surface area (Å²) in [6.45, 7) is 1.99. The minimum atomic E-state index is 0.900. The van der Waals surface area contributed by atoms with Gasteiger partial charge < -0.3 is 4.18 Å². The zero-order valence-corrected chi connectivity index (χ0v) is 5.67. The van der Waals surface area contributed by atoms with Crippen molar-refractivity contribution in [3.63, 3.8) is 0 Å². The first-order valence-corrected chi connectivity index (χ1v) is 3.75. The fourth-order valence-corrected chi connectivity index (χ4v) is 1.17. The molecule has 1 aliphatic heterocycles. The maximum absolute atomic E-state index is 5.08. The number of rotatable bonds is 0. The lowest BCUT2D eigenvalue weighted by Gasteiger charge is -2.07. The maximum Gasteiger partial charge on any atom is 0.0788 e. The summed E-state index contributed by atoms with van der Waals surface area (Å²) in [7, 11) is 0. The van der Waals surface area contributed by atoms with Crippen LogP contribution in [0.5, 0.6) is 0 Å². The van der Waals surface area contributed by atoms with Crippen LogP contribution in [-0.2, 0) is 4.18 Å². The molecule has 1 heterocycles. The van der Waals surface area contributed by atoms with Gasteiger partial charge in [0.15, 0.2) is 0 Å². The minimum Gasteiger partial charge on any atom is -0.301 e. The molecular formula is C5H11NOS. The van der Waals surface area contributed by atoms with Crippen molar-refractivity contribution in [3.05, 3.63) is 0 Å². The second-order valence-corrected chi connectivity index (χ2v) is 2.55. The molecule has 0 aliphatic carbocycles. The predicted octanol–water partition coefficient (Wildman–Crippen LogP) is 1.34. The molecule has 0 aromatic carbocycles. The van der Waals surface area contributed by atoms with Crippen LogP contribution in [0.25, 0.3) is 0 Å². The van der Waals surface area contributed by atoms with Gasteiger partial charge in [-0.2, -0.15) is 0 Å². The van der Waals surface area contributed by atoms with Gasteiger partial charge in [0.25, 0.3) is 0 Å². The largest absolute Gasteiger partial charge is 0.301 e. The molecule has 0 bridgehead atoms. The Kier molecular flexibility index (Phi) is 3.34. The van der Waals surface area contributed by atoms with Crippen LogP contribution in [0, 0.1) is 0 Å². The van der Waals surface area contributed by atoms with Crippen LogP contribution >= 0.6 is 12.2 Å². The molecule has 1 rings (SSSR count). The van der Waals surface area contributed by atoms with Gasteiger partial charge in [-0.25, -0.2) is 4.72 Å². The van der Waals surface area contributed by atoms with Crippen LogP contribution in [0.3, 0.4) is 0 Å². The smallest absolute Gasteiger partial charge is 0.0788 e. The summed E-state index contributed by atoms with van der Waals surface area (Å²) in [5.41, 5.74) is 0. The van der Waals surface area contributed by atoms with Crippen molar-refractivity contribution >= 4 is 12.2 Å². The quantitative estimate of drug-likeness (QED) is 0.398. The van der Waals surface area contributed by atoms with Gasteiger partial charge in [-0.15, -0.1) is 0 Å². The SMILES string of the molecule is C1CCNSOCC1. The van der Waals surface area contributed by atoms with Crippen molar-refractivity contribution in [2.24, 2.45) is 0 Å². The van der Waals surface area contributed by atoms with Crippen molar-refractivity contribution in [2.75, 3.05) is 13.2 Å². The van der Waals surface area contributed by atoms with Crippen molar-refractivity contribution in [1.29, 1.82) is 0 Å². The Morgan fingerprint density at radius 2 is 2.25 bits per heavy atom. The molecule has 0 spiro atoms. The summed E-state index contributed by atoms with van der Waals surface area (Å²) in [5, 5.41) is 0. The molecule has 3 heteroatoms. The number of hydrogen-bond acceptors (Lipinski definition) is 3. The maximum atomic E-state index is 5.08. The molecule has 1 N–H and O–H groups in total. The highest BCUT2D eigenvalue weighted by atomic mass is 32.2. The molecule has 0 saturated carbocycles. The number of hydrogen-bond donors (Lipinski definition) is 1. The first kappa shape index (κ1) is 6.39. The van der Waals surface area contributed by atoms with Crippen LogP contribution in [0.1, 0.15) is 19.3 Å². The summed E-state index contributed by atoms with van der Waals surface area (Å²) >= 11 is 1.38. The second kappa shape index (κ2) is 4.18. The van der Waals surface area contributed by atoms with Crippen LogP contribution in [-0.4, -0.2) is 13.2 Å². The summed E-state index contributed by atoms with van der Waals surface area (Å²) in [5.74, 6) is 0. The van der Waals surface area contributed by atoms with Gasteiger partial charge in [0, 0.05) is 6.54 Å². The molecule has 1 saturated heterocycles. The summed E-state index contributed by atoms with van der Waals surface area (Å²) in [6.07, 6.45) is 3.80. The van der Waals surface area contributed by atoms with E-state index in [0.29, 0.717) is 0 Å². The standard InChI is InChI=1S/C5H11NOS/c1-2-4-6-8-7-5-3-1/h6H,1-5H2. The fourth-order valence-electron chi connectivity index (χ4n) is 0.660. The van der Waals surface area contributed by atoms with E-state index < -0.39 is 0 Å². The van der Waals surface area contributed by atoms with E-state index in [4.69, 9.17) is 4.18 Å². The molecule has 48 valence electrons. The van der Waals surface area contributed by atoms with Crippen molar-refractivity contribution < 1.29 is 4.18 Å². The van der Waals surface area contributed by atoms with E-state index in [2.05, 4.69) is 4.72 Å². The third-order valence-electron chi connectivity index (χ3n) is 1.12. The van der Waals surface area contributed by atoms with Gasteiger partial charge in [0.05, 0.1) is 18.8 Å². The van der Waals surface area contributed by atoms with Gasteiger partial charge in [0.2, 0.25) is 0 Å². The summed E-state index contributed by atoms with van der Waals surface area (Å²) < 4.78 is 8.16. The molecule has 0 aromatic rings. The lowest BCUT2D eigenvalue weighted by Crippen LogP contribution is -2.09. The Bertz CT molecular complexity index is 36.4. The van der Waals surface area contributed by atoms with Gasteiger partial charge in [-0.1, -0.05) is 0 Å². The summed E-state index contributed by atoms with van der Waals surface area (Å²) in [6, 6.07) is 0. The molecule has 0 unspecified atom stereocenters. The van der Waals surface area contributed by atoms with Gasteiger partial charge in [0.1, 0.15) is 0 Å². The van der Waals surface area contributed by atoms with Crippen molar-refractivity contribution in [1.82, 2.24) is 4.72 Å². The van der Waals surface area contributed by atoms with E-state index >= 15 is 0 Å². The molecule has 0 atom stereocenters. The minimum absolute atomic E-state index is 0.900. The van der Waals surface area contributed by atoms with E-state index in [-0.39, 0.29) is 0 Å². The molecule has 1 fully saturated rings. The lowest BCUT2D eigenvalue weighted by molar-refractivity contribution is 0.344. The zero-order chi connectivity index (χ0) is 5.66. The highest BCUT2D eigenvalue weighted by molar-refractivity contribution is 7.92. The van der Waals surface area contributed by atoms with E-state index in [9.17, 15) is 0 Å². The van der Waals surface area contributed by atoms with E-state index in [1.807, 2.05) is 0 Å². The normalized spacial score (nSPS) is 24.0. The predicted molar refractivity (Wildman–Crippen MR) is 35.4 cm³/mol. The zero-order valence-electron chi connectivity index (χ0n) is 4.85. The summed E-state index contributed by atoms with van der Waals surface area (Å²) in [4.78, 5) is 0. The Morgan fingerprint density at radius 3 is 3.25 bits per heavy atom. The third-order valence-corrected chi connectivity index (χ3v) is 1.73. The molecule has 0 radical (unpaired) electrons.